The summed E-state index contributed by atoms with van der Waals surface area (Å²) in [6.07, 6.45) is 14.9. The summed E-state index contributed by atoms with van der Waals surface area (Å²) >= 11 is 0. The predicted octanol–water partition coefficient (Wildman–Crippen LogP) is 6.72. The number of aryl methyl sites for hydroxylation is 1. The van der Waals surface area contributed by atoms with Gasteiger partial charge in [0.25, 0.3) is 0 Å². The Morgan fingerprint density at radius 1 is 1.13 bits per heavy atom. The largest absolute Gasteiger partial charge is 0.495 e. The summed E-state index contributed by atoms with van der Waals surface area (Å²) in [7, 11) is 5.68. The van der Waals surface area contributed by atoms with Crippen molar-refractivity contribution in [2.24, 2.45) is 16.6 Å². The molecule has 0 radical (unpaired) electrons. The minimum atomic E-state index is -0.140. The van der Waals surface area contributed by atoms with E-state index in [4.69, 9.17) is 14.5 Å². The molecule has 2 heterocycles. The lowest BCUT2D eigenvalue weighted by atomic mass is 10.0. The van der Waals surface area contributed by atoms with Crippen LogP contribution in [0.15, 0.2) is 60.0 Å². The first-order valence-electron chi connectivity index (χ1n) is 16.5. The van der Waals surface area contributed by atoms with Gasteiger partial charge in [-0.2, -0.15) is 0 Å². The Morgan fingerprint density at radius 3 is 2.22 bits per heavy atom. The van der Waals surface area contributed by atoms with Gasteiger partial charge in [-0.3, -0.25) is 9.59 Å². The normalized spacial score (nSPS) is 20.5. The molecule has 1 saturated carbocycles. The molecule has 0 aromatic heterocycles. The fraction of sp³-hybridized carbons (Fsp3) is 0.583. The number of likely N-dealkylation sites (N-methyl/N-ethyl adjacent to an activating group) is 1. The highest BCUT2D eigenvalue weighted by molar-refractivity contribution is 6.04. The number of carbonyl (C=O) groups is 2. The van der Waals surface area contributed by atoms with Crippen molar-refractivity contribution in [2.45, 2.75) is 91.5 Å². The fourth-order valence-corrected chi connectivity index (χ4v) is 5.72. The monoisotopic (exact) mass is 624 g/mol. The average Bonchev–Trinajstić information content (AvgIpc) is 3.53. The molecule has 9 heteroatoms. The van der Waals surface area contributed by atoms with Gasteiger partial charge in [-0.1, -0.05) is 64.3 Å². The lowest BCUT2D eigenvalue weighted by Crippen LogP contribution is -2.42. The van der Waals surface area contributed by atoms with Crippen molar-refractivity contribution in [1.29, 1.82) is 0 Å². The molecule has 2 amide bonds. The molecule has 45 heavy (non-hydrogen) atoms. The van der Waals surface area contributed by atoms with E-state index in [0.717, 1.165) is 41.4 Å². The third-order valence-electron chi connectivity index (χ3n) is 7.91. The average molecular weight is 625 g/mol. The van der Waals surface area contributed by atoms with Gasteiger partial charge in [-0.05, 0) is 83.8 Å². The van der Waals surface area contributed by atoms with Crippen molar-refractivity contribution in [3.8, 4) is 5.75 Å². The number of methoxy groups -OCH3 is 1. The Hall–Kier alpha value is -3.59. The Bertz CT molecular complexity index is 1120. The van der Waals surface area contributed by atoms with Gasteiger partial charge in [0.15, 0.2) is 5.84 Å². The van der Waals surface area contributed by atoms with E-state index in [1.807, 2.05) is 51.2 Å². The number of nitrogens with two attached hydrogens (primary N) is 1. The number of amides is 2. The van der Waals surface area contributed by atoms with Gasteiger partial charge in [0.05, 0.1) is 24.4 Å². The molecule has 1 atom stereocenters. The summed E-state index contributed by atoms with van der Waals surface area (Å²) in [6.45, 7) is 19.6. The van der Waals surface area contributed by atoms with E-state index >= 15 is 0 Å². The molecule has 252 valence electrons. The number of benzene rings is 1. The quantitative estimate of drug-likeness (QED) is 0.258. The maximum absolute atomic E-state index is 13.2. The van der Waals surface area contributed by atoms with Crippen LogP contribution in [0.25, 0.3) is 0 Å². The van der Waals surface area contributed by atoms with E-state index in [-0.39, 0.29) is 18.2 Å². The third kappa shape index (κ3) is 13.1. The number of piperidine rings is 1. The van der Waals surface area contributed by atoms with Crippen LogP contribution in [0.2, 0.25) is 0 Å². The molecular weight excluding hydrogens is 564 g/mol. The number of carbonyl (C=O) groups excluding carboxylic acids is 2. The molecule has 4 rings (SSSR count). The lowest BCUT2D eigenvalue weighted by molar-refractivity contribution is -0.131. The molecule has 3 aliphatic rings. The van der Waals surface area contributed by atoms with Gasteiger partial charge in [0.1, 0.15) is 11.6 Å². The van der Waals surface area contributed by atoms with E-state index in [1.165, 1.54) is 51.6 Å². The number of hydrogen-bond acceptors (Lipinski definition) is 6. The number of rotatable bonds is 7. The highest BCUT2D eigenvalue weighted by Gasteiger charge is 2.37. The van der Waals surface area contributed by atoms with Crippen LogP contribution in [-0.2, 0) is 9.59 Å². The fourth-order valence-electron chi connectivity index (χ4n) is 5.72. The lowest BCUT2D eigenvalue weighted by Gasteiger charge is -2.32. The number of anilines is 1. The molecule has 1 aliphatic carbocycles. The Labute approximate surface area is 273 Å². The van der Waals surface area contributed by atoms with Crippen LogP contribution in [-0.4, -0.2) is 79.7 Å². The molecule has 9 nitrogen and oxygen atoms in total. The number of primary amides is 1. The van der Waals surface area contributed by atoms with Crippen LogP contribution in [0.1, 0.15) is 84.1 Å². The Balaban J connectivity index is 0.000000651. The summed E-state index contributed by atoms with van der Waals surface area (Å²) in [5, 5.41) is 3.29. The van der Waals surface area contributed by atoms with Crippen molar-refractivity contribution < 1.29 is 14.3 Å². The number of likely N-dealkylation sites (tertiary alicyclic amines) is 1. The molecule has 1 aromatic carbocycles. The summed E-state index contributed by atoms with van der Waals surface area (Å²) in [5.74, 6) is 2.01. The van der Waals surface area contributed by atoms with Crippen LogP contribution < -0.4 is 15.8 Å². The van der Waals surface area contributed by atoms with Crippen LogP contribution >= 0.6 is 0 Å². The van der Waals surface area contributed by atoms with Crippen molar-refractivity contribution in [3.63, 3.8) is 0 Å². The zero-order chi connectivity index (χ0) is 33.8. The number of allylic oxidation sites excluding steroid dienone is 2. The summed E-state index contributed by atoms with van der Waals surface area (Å²) in [6, 6.07) is 6.33. The van der Waals surface area contributed by atoms with Gasteiger partial charge in [0, 0.05) is 19.6 Å². The van der Waals surface area contributed by atoms with E-state index in [9.17, 15) is 4.79 Å². The highest BCUT2D eigenvalue weighted by atomic mass is 16.5. The van der Waals surface area contributed by atoms with Crippen LogP contribution in [0.5, 0.6) is 5.75 Å². The minimum Gasteiger partial charge on any atom is -0.495 e. The second-order valence-electron chi connectivity index (χ2n) is 11.8. The van der Waals surface area contributed by atoms with Crippen molar-refractivity contribution in [1.82, 2.24) is 14.7 Å². The van der Waals surface area contributed by atoms with Gasteiger partial charge in [0.2, 0.25) is 12.3 Å². The maximum atomic E-state index is 13.2. The molecule has 0 bridgehead atoms. The van der Waals surface area contributed by atoms with E-state index in [1.54, 1.807) is 12.0 Å². The number of aliphatic imine (C=N–C) groups is 1. The second-order valence-corrected chi connectivity index (χ2v) is 11.8. The molecule has 0 spiro atoms. The molecule has 3 N–H and O–H groups in total. The summed E-state index contributed by atoms with van der Waals surface area (Å²) in [5.41, 5.74) is 6.90. The van der Waals surface area contributed by atoms with Gasteiger partial charge in [-0.15, -0.1) is 6.58 Å². The first-order chi connectivity index (χ1) is 21.6. The number of amidine groups is 1. The van der Waals surface area contributed by atoms with Crippen LogP contribution in [0, 0.1) is 12.8 Å². The van der Waals surface area contributed by atoms with Gasteiger partial charge < -0.3 is 30.5 Å². The topological polar surface area (TPSA) is 104 Å². The molecule has 2 saturated heterocycles. The zero-order valence-electron chi connectivity index (χ0n) is 29.1. The van der Waals surface area contributed by atoms with Crippen LogP contribution in [0.3, 0.4) is 0 Å². The summed E-state index contributed by atoms with van der Waals surface area (Å²) in [4.78, 5) is 33.2. The molecule has 3 fully saturated rings. The third-order valence-corrected chi connectivity index (χ3v) is 7.91. The van der Waals surface area contributed by atoms with Crippen molar-refractivity contribution in [3.05, 3.63) is 60.6 Å². The SMILES string of the molecule is C=CCC1CN(C2CCCC2)C(=N/C(=C)Nc2ccc(C)cc2OC)/C(=C\C)N(C)C1=O.CCC.CN1CCCCC1.NC=O. The van der Waals surface area contributed by atoms with E-state index in [0.29, 0.717) is 24.8 Å². The minimum absolute atomic E-state index is 0.102. The number of nitrogens with one attached hydrogen (secondary N) is 1. The van der Waals surface area contributed by atoms with Crippen molar-refractivity contribution in [2.75, 3.05) is 46.2 Å². The number of ether oxygens (including phenoxy) is 1. The Kier molecular flexibility index (Phi) is 19.3. The number of nitrogens with zero attached hydrogens (tertiary/aromatic N) is 4. The number of hydrogen-bond donors (Lipinski definition) is 2. The zero-order valence-corrected chi connectivity index (χ0v) is 29.1. The van der Waals surface area contributed by atoms with Crippen molar-refractivity contribution >= 4 is 23.8 Å². The predicted molar refractivity (Wildman–Crippen MR) is 189 cm³/mol. The van der Waals surface area contributed by atoms with E-state index in [2.05, 4.69) is 54.9 Å². The molecule has 1 aromatic rings. The van der Waals surface area contributed by atoms with Gasteiger partial charge in [-0.25, -0.2) is 4.99 Å². The molecule has 2 aliphatic heterocycles. The van der Waals surface area contributed by atoms with Gasteiger partial charge >= 0.3 is 0 Å². The Morgan fingerprint density at radius 2 is 1.73 bits per heavy atom. The van der Waals surface area contributed by atoms with Crippen LogP contribution in [0.4, 0.5) is 5.69 Å². The molecule has 1 unspecified atom stereocenters. The van der Waals surface area contributed by atoms with E-state index < -0.39 is 0 Å². The maximum Gasteiger partial charge on any atom is 0.232 e. The smallest absolute Gasteiger partial charge is 0.232 e. The highest BCUT2D eigenvalue weighted by Crippen LogP contribution is 2.32. The summed E-state index contributed by atoms with van der Waals surface area (Å²) < 4.78 is 5.52. The first kappa shape index (κ1) is 39.4. The standard InChI is InChI=1S/C26H36N4O2.C6H13N.C3H8.CH3NO/c1-7-11-20-17-30(21-12-9-10-13-21)25(23(8-2)29(5)26(20)31)28-19(4)27-22-15-14-18(3)16-24(22)32-6;1-7-5-3-2-4-6-7;1-3-2;2-1-3/h7-8,14-16,20-21,27H,1,4,9-13,17H2,2-3,5-6H3;2-6H2,1H3;3H2,1-2H3;1H,(H2,2,3)/b23-8+,28-25+;;;. The second kappa shape index (κ2) is 22.0. The molecular formula is C36H60N6O3. The first-order valence-corrected chi connectivity index (χ1v) is 16.5.